The molecule has 1 aromatic carbocycles. The lowest BCUT2D eigenvalue weighted by molar-refractivity contribution is -0.220. The fourth-order valence-corrected chi connectivity index (χ4v) is 10.1. The van der Waals surface area contributed by atoms with Gasteiger partial charge in [-0.3, -0.25) is 33.6 Å². The molecule has 17 nitrogen and oxygen atoms in total. The molecular formula is C45H67BF2N6O11. The number of aliphatic carboxylic acids is 2. The monoisotopic (exact) mass is 916 g/mol. The molecular weight excluding hydrogens is 849 g/mol. The number of nitrogens with zero attached hydrogens (tertiary/aromatic N) is 1. The van der Waals surface area contributed by atoms with Crippen LogP contribution in [-0.2, 0) is 49.3 Å². The molecule has 0 radical (unpaired) electrons. The number of carbonyl (C=O) groups excluding carboxylic acids is 5. The van der Waals surface area contributed by atoms with Gasteiger partial charge in [0.1, 0.15) is 35.8 Å². The summed E-state index contributed by atoms with van der Waals surface area (Å²) in [6.45, 7) is 13.7. The van der Waals surface area contributed by atoms with Crippen molar-refractivity contribution in [3.05, 3.63) is 35.4 Å². The minimum atomic E-state index is -1.53. The molecule has 3 aliphatic carbocycles. The van der Waals surface area contributed by atoms with Crippen LogP contribution in [0.1, 0.15) is 118 Å². The number of rotatable bonds is 22. The summed E-state index contributed by atoms with van der Waals surface area (Å²) in [5.41, 5.74) is 5.58. The van der Waals surface area contributed by atoms with Gasteiger partial charge in [0.2, 0.25) is 29.5 Å². The first kappa shape index (κ1) is 51.3. The van der Waals surface area contributed by atoms with Gasteiger partial charge in [0.25, 0.3) is 0 Å². The van der Waals surface area contributed by atoms with E-state index in [1.165, 1.54) is 23.1 Å². The average molecular weight is 917 g/mol. The van der Waals surface area contributed by atoms with Crippen molar-refractivity contribution >= 4 is 48.6 Å². The average Bonchev–Trinajstić information content (AvgIpc) is 3.90. The molecule has 1 aromatic rings. The van der Waals surface area contributed by atoms with Gasteiger partial charge in [-0.15, -0.1) is 0 Å². The first-order chi connectivity index (χ1) is 30.5. The summed E-state index contributed by atoms with van der Waals surface area (Å²) in [6.07, 6.45) is 2.10. The van der Waals surface area contributed by atoms with Crippen molar-refractivity contribution in [2.45, 2.75) is 167 Å². The Morgan fingerprint density at radius 1 is 0.862 bits per heavy atom. The fourth-order valence-electron chi connectivity index (χ4n) is 10.1. The molecule has 6 rings (SSSR count). The van der Waals surface area contributed by atoms with Crippen molar-refractivity contribution in [3.8, 4) is 0 Å². The molecule has 10 atom stereocenters. The van der Waals surface area contributed by atoms with Crippen LogP contribution < -0.4 is 27.0 Å². The van der Waals surface area contributed by atoms with Gasteiger partial charge in [0.15, 0.2) is 0 Å². The van der Waals surface area contributed by atoms with Crippen LogP contribution >= 0.6 is 0 Å². The third kappa shape index (κ3) is 11.7. The molecule has 3 saturated carbocycles. The predicted molar refractivity (Wildman–Crippen MR) is 233 cm³/mol. The van der Waals surface area contributed by atoms with Crippen LogP contribution in [0.2, 0.25) is 0 Å². The van der Waals surface area contributed by atoms with Gasteiger partial charge in [-0.25, -0.2) is 8.78 Å². The van der Waals surface area contributed by atoms with Gasteiger partial charge in [-0.05, 0) is 86.7 Å². The number of carboxylic acids is 2. The largest absolute Gasteiger partial charge is 0.481 e. The van der Waals surface area contributed by atoms with E-state index in [1.807, 2.05) is 0 Å². The third-order valence-electron chi connectivity index (χ3n) is 14.5. The maximum atomic E-state index is 14.5. The number of amides is 5. The van der Waals surface area contributed by atoms with E-state index in [-0.39, 0.29) is 41.6 Å². The Hall–Kier alpha value is -4.69. The van der Waals surface area contributed by atoms with E-state index in [2.05, 4.69) is 42.0 Å². The van der Waals surface area contributed by atoms with E-state index in [1.54, 1.807) is 27.7 Å². The van der Waals surface area contributed by atoms with Crippen LogP contribution in [0, 0.1) is 40.2 Å². The molecule has 65 heavy (non-hydrogen) atoms. The van der Waals surface area contributed by atoms with Crippen LogP contribution in [0.15, 0.2) is 18.2 Å². The molecule has 2 heterocycles. The highest BCUT2D eigenvalue weighted by molar-refractivity contribution is 6.47. The molecule has 5 fully saturated rings. The standard InChI is InChI=1S/C45H67BF2N6O11/c1-23(2)36(52-40(60)30(17-18-34(55)56)50-39(59)29(49)21-35(57)58)42(62)53-37(24(3)4)43(63)54-19-11-15-31(54)41(61)51-33(16-9-8-12-26-27(47)13-10-14-28(26)48)46-64-32-20-25-22-45(7,38(32)65-46)44(25,5)6/h10,13-14,23-25,29-33,36-38H,8-9,11-12,15-22,49H2,1-7H3,(H,50,59)(H,51,61)(H,52,60)(H,53,62)(H,55,56)(H,57,58)/t25-,29+,30+,31+,32-,33+,36+,37+,38-,45-/m1/s1. The van der Waals surface area contributed by atoms with Crippen molar-refractivity contribution in [1.29, 1.82) is 0 Å². The highest BCUT2D eigenvalue weighted by atomic mass is 19.1. The summed E-state index contributed by atoms with van der Waals surface area (Å²) in [5, 5.41) is 29.0. The third-order valence-corrected chi connectivity index (χ3v) is 14.5. The minimum Gasteiger partial charge on any atom is -0.481 e. The minimum absolute atomic E-state index is 0.00000295. The Kier molecular flexibility index (Phi) is 16.8. The van der Waals surface area contributed by atoms with Crippen molar-refractivity contribution < 1.29 is 61.9 Å². The van der Waals surface area contributed by atoms with E-state index in [0.717, 1.165) is 12.8 Å². The van der Waals surface area contributed by atoms with Gasteiger partial charge in [0.05, 0.1) is 30.6 Å². The lowest BCUT2D eigenvalue weighted by atomic mass is 9.39. The van der Waals surface area contributed by atoms with Crippen molar-refractivity contribution in [2.24, 2.45) is 34.3 Å². The van der Waals surface area contributed by atoms with Gasteiger partial charge >= 0.3 is 19.1 Å². The molecule has 0 aromatic heterocycles. The summed E-state index contributed by atoms with van der Waals surface area (Å²) < 4.78 is 42.1. The first-order valence-corrected chi connectivity index (χ1v) is 22.9. The van der Waals surface area contributed by atoms with Gasteiger partial charge in [-0.1, -0.05) is 61.0 Å². The summed E-state index contributed by atoms with van der Waals surface area (Å²) >= 11 is 0. The summed E-state index contributed by atoms with van der Waals surface area (Å²) in [6, 6.07) is -2.57. The molecule has 0 spiro atoms. The zero-order valence-corrected chi connectivity index (χ0v) is 38.5. The van der Waals surface area contributed by atoms with E-state index < -0.39 is 127 Å². The van der Waals surface area contributed by atoms with Crippen molar-refractivity contribution in [3.63, 3.8) is 0 Å². The molecule has 5 amide bonds. The summed E-state index contributed by atoms with van der Waals surface area (Å²) in [5.74, 6) is -8.70. The zero-order chi connectivity index (χ0) is 48.1. The van der Waals surface area contributed by atoms with Gasteiger partial charge in [-0.2, -0.15) is 0 Å². The number of halogens is 2. The summed E-state index contributed by atoms with van der Waals surface area (Å²) in [4.78, 5) is 92.7. The second kappa shape index (κ2) is 21.3. The Morgan fingerprint density at radius 3 is 2.11 bits per heavy atom. The number of nitrogens with one attached hydrogen (secondary N) is 4. The number of hydrogen-bond acceptors (Lipinski definition) is 10. The lowest BCUT2D eigenvalue weighted by Crippen LogP contribution is -2.66. The highest BCUT2D eigenvalue weighted by Gasteiger charge is 2.69. The van der Waals surface area contributed by atoms with E-state index >= 15 is 0 Å². The summed E-state index contributed by atoms with van der Waals surface area (Å²) in [7, 11) is -0.791. The SMILES string of the molecule is CC(C)[C@H](NC(=O)[C@H](CCC(=O)O)NC(=O)[C@@H](N)CC(=O)O)C(=O)N[C@H](C(=O)N1CCC[C@H]1C(=O)N[C@@H](CCCCc1c(F)cccc1F)B1O[C@@H]2[C@@H](C[C@@H]3C[C@@]2(C)C3(C)C)O1)C(C)C. The van der Waals surface area contributed by atoms with Gasteiger partial charge < -0.3 is 51.4 Å². The predicted octanol–water partition coefficient (Wildman–Crippen LogP) is 2.85. The number of likely N-dealkylation sites (tertiary alicyclic amines) is 1. The molecule has 8 N–H and O–H groups in total. The molecule has 2 aliphatic heterocycles. The van der Waals surface area contributed by atoms with E-state index in [0.29, 0.717) is 38.0 Å². The lowest BCUT2D eigenvalue weighted by Gasteiger charge is -2.67. The second-order valence-electron chi connectivity index (χ2n) is 19.8. The maximum Gasteiger partial charge on any atom is 0.481 e. The number of benzene rings is 1. The number of hydrogen-bond donors (Lipinski definition) is 7. The highest BCUT2D eigenvalue weighted by Crippen LogP contribution is 2.69. The molecule has 20 heteroatoms. The van der Waals surface area contributed by atoms with Crippen LogP contribution in [0.25, 0.3) is 0 Å². The van der Waals surface area contributed by atoms with Crippen molar-refractivity contribution in [1.82, 2.24) is 26.2 Å². The number of unbranched alkanes of at least 4 members (excludes halogenated alkanes) is 1. The zero-order valence-electron chi connectivity index (χ0n) is 38.5. The maximum absolute atomic E-state index is 14.5. The van der Waals surface area contributed by atoms with Crippen LogP contribution in [0.3, 0.4) is 0 Å². The van der Waals surface area contributed by atoms with Crippen LogP contribution in [-0.4, -0.2) is 119 Å². The Balaban J connectivity index is 1.27. The fraction of sp³-hybridized carbons (Fsp3) is 0.711. The normalized spacial score (nSPS) is 25.4. The molecule has 2 bridgehead atoms. The smallest absolute Gasteiger partial charge is 0.481 e. The van der Waals surface area contributed by atoms with E-state index in [9.17, 15) is 47.4 Å². The molecule has 2 saturated heterocycles. The Bertz CT molecular complexity index is 1940. The quantitative estimate of drug-likeness (QED) is 0.0655. The molecule has 360 valence electrons. The van der Waals surface area contributed by atoms with Crippen LogP contribution in [0.5, 0.6) is 0 Å². The molecule has 0 unspecified atom stereocenters. The molecule has 5 aliphatic rings. The second-order valence-corrected chi connectivity index (χ2v) is 19.8. The van der Waals surface area contributed by atoms with Gasteiger partial charge in [0, 0.05) is 23.9 Å². The first-order valence-electron chi connectivity index (χ1n) is 22.9. The Labute approximate surface area is 379 Å². The number of carbonyl (C=O) groups is 7. The Morgan fingerprint density at radius 2 is 1.51 bits per heavy atom. The van der Waals surface area contributed by atoms with Crippen LogP contribution in [0.4, 0.5) is 8.78 Å². The topological polar surface area (TPSA) is 256 Å². The number of nitrogens with two attached hydrogens (primary N) is 1. The van der Waals surface area contributed by atoms with Crippen molar-refractivity contribution in [2.75, 3.05) is 6.54 Å². The van der Waals surface area contributed by atoms with E-state index in [4.69, 9.17) is 20.1 Å². The number of carboxylic acid groups (broad SMARTS) is 2.